The molecule has 2 rings (SSSR count). The molecule has 1 N–H and O–H groups in total. The molecule has 1 heterocycles. The van der Waals surface area contributed by atoms with Crippen molar-refractivity contribution in [1.82, 2.24) is 0 Å². The van der Waals surface area contributed by atoms with Crippen LogP contribution in [-0.2, 0) is 4.79 Å². The molecule has 1 amide bonds. The highest BCUT2D eigenvalue weighted by molar-refractivity contribution is 7.77. The summed E-state index contributed by atoms with van der Waals surface area (Å²) < 4.78 is 0. The van der Waals surface area contributed by atoms with E-state index in [2.05, 4.69) is 19.2 Å². The molecule has 128 valence electrons. The third-order valence-corrected chi connectivity index (χ3v) is 11.1. The first-order valence-corrected chi connectivity index (χ1v) is 11.7. The van der Waals surface area contributed by atoms with Crippen molar-refractivity contribution in [3.8, 4) is 0 Å². The van der Waals surface area contributed by atoms with Crippen LogP contribution in [0.3, 0.4) is 0 Å². The van der Waals surface area contributed by atoms with Crippen molar-refractivity contribution in [2.75, 3.05) is 23.8 Å². The number of amides is 1. The van der Waals surface area contributed by atoms with Gasteiger partial charge in [0.2, 0.25) is 0 Å². The first kappa shape index (κ1) is 18.7. The number of rotatable bonds is 6. The van der Waals surface area contributed by atoms with Crippen molar-refractivity contribution in [2.45, 2.75) is 59.0 Å². The minimum Gasteiger partial charge on any atom is -0.322 e. The van der Waals surface area contributed by atoms with Crippen molar-refractivity contribution >= 4 is 30.5 Å². The van der Waals surface area contributed by atoms with Gasteiger partial charge in [-0.15, -0.1) is 0 Å². The average Bonchev–Trinajstić information content (AvgIpc) is 2.98. The van der Waals surface area contributed by atoms with Crippen molar-refractivity contribution in [1.29, 1.82) is 0 Å². The standard InChI is InChI=1S/C19H29ClNOP/c1-5-9-17(23(6-2)10-7-8-11-23)19(22)21-18-14(3)12-16(20)13-15(18)4/h12-13,17H,5-11H2,1-4H3/p+1. The zero-order valence-corrected chi connectivity index (χ0v) is 16.6. The molecule has 1 aliphatic heterocycles. The molecule has 0 radical (unpaired) electrons. The van der Waals surface area contributed by atoms with Crippen molar-refractivity contribution < 1.29 is 4.79 Å². The second-order valence-electron chi connectivity index (χ2n) is 6.90. The van der Waals surface area contributed by atoms with E-state index in [1.807, 2.05) is 26.0 Å². The summed E-state index contributed by atoms with van der Waals surface area (Å²) in [7, 11) is -1.13. The van der Waals surface area contributed by atoms with Crippen LogP contribution in [0.25, 0.3) is 0 Å². The van der Waals surface area contributed by atoms with Crippen LogP contribution in [0.15, 0.2) is 12.1 Å². The summed E-state index contributed by atoms with van der Waals surface area (Å²) >= 11 is 6.11. The first-order chi connectivity index (χ1) is 10.9. The molecule has 0 saturated carbocycles. The summed E-state index contributed by atoms with van der Waals surface area (Å²) in [5.74, 6) is 0.248. The molecule has 4 heteroatoms. The van der Waals surface area contributed by atoms with E-state index in [0.29, 0.717) is 0 Å². The smallest absolute Gasteiger partial charge is 0.265 e. The number of aryl methyl sites for hydroxylation is 2. The van der Waals surface area contributed by atoms with Crippen LogP contribution in [0.2, 0.25) is 5.02 Å². The summed E-state index contributed by atoms with van der Waals surface area (Å²) in [5, 5.41) is 3.99. The quantitative estimate of drug-likeness (QED) is 0.633. The van der Waals surface area contributed by atoms with Gasteiger partial charge in [0.25, 0.3) is 5.91 Å². The van der Waals surface area contributed by atoms with Crippen LogP contribution in [0.5, 0.6) is 0 Å². The Morgan fingerprint density at radius 2 is 1.78 bits per heavy atom. The number of hydrogen-bond donors (Lipinski definition) is 1. The number of carbonyl (C=O) groups is 1. The van der Waals surface area contributed by atoms with Gasteiger partial charge in [0.1, 0.15) is 5.66 Å². The Hall–Kier alpha value is -0.590. The van der Waals surface area contributed by atoms with Gasteiger partial charge < -0.3 is 5.32 Å². The largest absolute Gasteiger partial charge is 0.322 e. The molecule has 1 aromatic carbocycles. The highest BCUT2D eigenvalue weighted by Crippen LogP contribution is 2.68. The summed E-state index contributed by atoms with van der Waals surface area (Å²) in [6.45, 7) is 8.53. The van der Waals surface area contributed by atoms with E-state index in [1.165, 1.54) is 31.3 Å². The Labute approximate surface area is 146 Å². The number of benzene rings is 1. The van der Waals surface area contributed by atoms with Crippen LogP contribution >= 0.6 is 18.9 Å². The number of nitrogens with one attached hydrogen (secondary N) is 1. The SMILES string of the molecule is CCCC(C(=O)Nc1c(C)cc(Cl)cc1C)[P+]1(CC)CCCC1. The van der Waals surface area contributed by atoms with E-state index in [0.717, 1.165) is 34.7 Å². The maximum absolute atomic E-state index is 13.1. The first-order valence-electron chi connectivity index (χ1n) is 8.87. The maximum atomic E-state index is 13.1. The van der Waals surface area contributed by atoms with Crippen LogP contribution < -0.4 is 5.32 Å². The van der Waals surface area contributed by atoms with E-state index >= 15 is 0 Å². The Morgan fingerprint density at radius 3 is 2.26 bits per heavy atom. The fraction of sp³-hybridized carbons (Fsp3) is 0.632. The molecular formula is C19H30ClNOP+. The van der Waals surface area contributed by atoms with Crippen LogP contribution in [-0.4, -0.2) is 30.1 Å². The van der Waals surface area contributed by atoms with Gasteiger partial charge in [-0.3, -0.25) is 4.79 Å². The van der Waals surface area contributed by atoms with Gasteiger partial charge in [-0.25, -0.2) is 0 Å². The lowest BCUT2D eigenvalue weighted by atomic mass is 10.1. The average molecular weight is 355 g/mol. The van der Waals surface area contributed by atoms with Crippen molar-refractivity contribution in [3.63, 3.8) is 0 Å². The predicted octanol–water partition coefficient (Wildman–Crippen LogP) is 5.90. The van der Waals surface area contributed by atoms with E-state index in [4.69, 9.17) is 11.6 Å². The highest BCUT2D eigenvalue weighted by atomic mass is 35.5. The third kappa shape index (κ3) is 4.09. The second kappa shape index (κ2) is 7.99. The lowest BCUT2D eigenvalue weighted by Crippen LogP contribution is -2.32. The van der Waals surface area contributed by atoms with Gasteiger partial charge in [-0.1, -0.05) is 24.9 Å². The summed E-state index contributed by atoms with van der Waals surface area (Å²) in [6.07, 6.45) is 8.56. The minimum absolute atomic E-state index is 0.231. The van der Waals surface area contributed by atoms with E-state index in [1.54, 1.807) is 0 Å². The molecule has 0 aliphatic carbocycles. The molecule has 1 fully saturated rings. The third-order valence-electron chi connectivity index (χ3n) is 5.36. The van der Waals surface area contributed by atoms with Crippen LogP contribution in [0.4, 0.5) is 5.69 Å². The normalized spacial score (nSPS) is 18.0. The molecular weight excluding hydrogens is 325 g/mol. The fourth-order valence-corrected chi connectivity index (χ4v) is 9.38. The molecule has 1 aromatic rings. The Balaban J connectivity index is 2.25. The van der Waals surface area contributed by atoms with Gasteiger partial charge in [-0.2, -0.15) is 0 Å². The molecule has 1 aliphatic rings. The topological polar surface area (TPSA) is 29.1 Å². The molecule has 23 heavy (non-hydrogen) atoms. The minimum atomic E-state index is -1.13. The van der Waals surface area contributed by atoms with Gasteiger partial charge in [0, 0.05) is 18.0 Å². The lowest BCUT2D eigenvalue weighted by Gasteiger charge is -2.30. The van der Waals surface area contributed by atoms with Crippen LogP contribution in [0.1, 0.15) is 50.7 Å². The summed E-state index contributed by atoms with van der Waals surface area (Å²) in [5.41, 5.74) is 3.28. The van der Waals surface area contributed by atoms with Crippen LogP contribution in [0, 0.1) is 13.8 Å². The zero-order valence-electron chi connectivity index (χ0n) is 14.9. The zero-order chi connectivity index (χ0) is 17.0. The molecule has 0 bridgehead atoms. The van der Waals surface area contributed by atoms with Gasteiger partial charge >= 0.3 is 0 Å². The van der Waals surface area contributed by atoms with Crippen molar-refractivity contribution in [2.24, 2.45) is 0 Å². The molecule has 2 nitrogen and oxygen atoms in total. The lowest BCUT2D eigenvalue weighted by molar-refractivity contribution is -0.116. The Bertz CT molecular complexity index is 543. The van der Waals surface area contributed by atoms with E-state index < -0.39 is 7.26 Å². The monoisotopic (exact) mass is 354 g/mol. The molecule has 1 saturated heterocycles. The number of carbonyl (C=O) groups excluding carboxylic acids is 1. The Kier molecular flexibility index (Phi) is 6.51. The summed E-state index contributed by atoms with van der Waals surface area (Å²) in [6, 6.07) is 3.86. The van der Waals surface area contributed by atoms with Gasteiger partial charge in [0.15, 0.2) is 0 Å². The number of anilines is 1. The molecule has 0 aromatic heterocycles. The second-order valence-corrected chi connectivity index (χ2v) is 11.9. The van der Waals surface area contributed by atoms with Gasteiger partial charge in [-0.05, 0) is 63.3 Å². The summed E-state index contributed by atoms with van der Waals surface area (Å²) in [4.78, 5) is 13.1. The molecule has 1 atom stereocenters. The fourth-order valence-electron chi connectivity index (χ4n) is 4.05. The van der Waals surface area contributed by atoms with E-state index in [9.17, 15) is 4.79 Å². The van der Waals surface area contributed by atoms with Crippen molar-refractivity contribution in [3.05, 3.63) is 28.3 Å². The maximum Gasteiger partial charge on any atom is 0.265 e. The molecule has 1 unspecified atom stereocenters. The molecule has 0 spiro atoms. The highest BCUT2D eigenvalue weighted by Gasteiger charge is 2.49. The van der Waals surface area contributed by atoms with Gasteiger partial charge in [0.05, 0.1) is 18.5 Å². The number of halogens is 1. The number of hydrogen-bond acceptors (Lipinski definition) is 1. The predicted molar refractivity (Wildman–Crippen MR) is 105 cm³/mol. The van der Waals surface area contributed by atoms with E-state index in [-0.39, 0.29) is 11.6 Å². The Morgan fingerprint density at radius 1 is 1.22 bits per heavy atom.